The Morgan fingerprint density at radius 2 is 1.63 bits per heavy atom. The molecule has 1 fully saturated rings. The molecule has 0 unspecified atom stereocenters. The number of rotatable bonds is 6. The molecule has 1 N–H and O–H groups in total. The molecule has 0 atom stereocenters. The van der Waals surface area contributed by atoms with Crippen LogP contribution in [0.25, 0.3) is 11.0 Å². The highest BCUT2D eigenvalue weighted by Gasteiger charge is 2.38. The molecule has 140 valence electrons. The fraction of sp³-hybridized carbons (Fsp3) is 0.364. The van der Waals surface area contributed by atoms with Crippen LogP contribution in [-0.2, 0) is 23.3 Å². The number of para-hydroxylation sites is 2. The van der Waals surface area contributed by atoms with Crippen molar-refractivity contribution >= 4 is 16.9 Å². The number of benzene rings is 2. The second-order valence-electron chi connectivity index (χ2n) is 7.38. The van der Waals surface area contributed by atoms with Crippen LogP contribution in [0.1, 0.15) is 31.7 Å². The zero-order valence-corrected chi connectivity index (χ0v) is 15.6. The summed E-state index contributed by atoms with van der Waals surface area (Å²) in [5, 5.41) is 3.08. The third-order valence-electron chi connectivity index (χ3n) is 5.86. The van der Waals surface area contributed by atoms with E-state index in [1.165, 1.54) is 12.0 Å². The van der Waals surface area contributed by atoms with Gasteiger partial charge in [-0.25, -0.2) is 4.79 Å². The van der Waals surface area contributed by atoms with Gasteiger partial charge in [-0.1, -0.05) is 48.9 Å². The van der Waals surface area contributed by atoms with E-state index in [0.29, 0.717) is 13.1 Å². The van der Waals surface area contributed by atoms with Crippen LogP contribution in [0.2, 0.25) is 0 Å². The van der Waals surface area contributed by atoms with Gasteiger partial charge in [-0.3, -0.25) is 13.9 Å². The summed E-state index contributed by atoms with van der Waals surface area (Å²) >= 11 is 0. The Morgan fingerprint density at radius 1 is 1.00 bits per heavy atom. The number of hydrogen-bond acceptors (Lipinski definition) is 2. The smallest absolute Gasteiger partial charge is 0.329 e. The van der Waals surface area contributed by atoms with E-state index >= 15 is 0 Å². The molecule has 27 heavy (non-hydrogen) atoms. The molecule has 1 aromatic heterocycles. The number of hydrogen-bond donors (Lipinski definition) is 1. The van der Waals surface area contributed by atoms with Crippen LogP contribution < -0.4 is 11.0 Å². The summed E-state index contributed by atoms with van der Waals surface area (Å²) in [4.78, 5) is 25.3. The van der Waals surface area contributed by atoms with Gasteiger partial charge < -0.3 is 5.32 Å². The average molecular weight is 363 g/mol. The molecule has 1 amide bonds. The van der Waals surface area contributed by atoms with Gasteiger partial charge >= 0.3 is 5.69 Å². The summed E-state index contributed by atoms with van der Waals surface area (Å²) in [7, 11) is 0. The molecule has 1 heterocycles. The van der Waals surface area contributed by atoms with E-state index in [1.54, 1.807) is 9.13 Å². The fourth-order valence-corrected chi connectivity index (χ4v) is 4.16. The van der Waals surface area contributed by atoms with Crippen LogP contribution >= 0.6 is 0 Å². The Kier molecular flexibility index (Phi) is 4.60. The average Bonchev–Trinajstić information content (AvgIpc) is 2.93. The molecule has 1 aliphatic rings. The highest BCUT2D eigenvalue weighted by Crippen LogP contribution is 2.43. The SMILES string of the molecule is CCn1c(=O)n(CC(=O)NCC2(c3ccccc3)CCC2)c2ccccc21. The number of aromatic nitrogens is 2. The summed E-state index contributed by atoms with van der Waals surface area (Å²) in [6.45, 7) is 3.21. The summed E-state index contributed by atoms with van der Waals surface area (Å²) in [6, 6.07) is 18.0. The first-order valence-electron chi connectivity index (χ1n) is 9.65. The standard InChI is InChI=1S/C22H25N3O2/c1-2-24-18-11-6-7-12-19(18)25(21(24)27)15-20(26)23-16-22(13-8-14-22)17-9-4-3-5-10-17/h3-7,9-12H,2,8,13-16H2,1H3,(H,23,26). The largest absolute Gasteiger partial charge is 0.354 e. The minimum Gasteiger partial charge on any atom is -0.354 e. The van der Waals surface area contributed by atoms with Gasteiger partial charge in [-0.05, 0) is 37.5 Å². The maximum Gasteiger partial charge on any atom is 0.329 e. The van der Waals surface area contributed by atoms with Crippen molar-refractivity contribution in [2.24, 2.45) is 0 Å². The molecule has 0 aliphatic heterocycles. The van der Waals surface area contributed by atoms with Gasteiger partial charge in [0.1, 0.15) is 6.54 Å². The number of imidazole rings is 1. The van der Waals surface area contributed by atoms with E-state index in [-0.39, 0.29) is 23.6 Å². The topological polar surface area (TPSA) is 56.0 Å². The van der Waals surface area contributed by atoms with E-state index in [2.05, 4.69) is 29.6 Å². The van der Waals surface area contributed by atoms with Crippen molar-refractivity contribution in [2.45, 2.75) is 44.7 Å². The first-order valence-corrected chi connectivity index (χ1v) is 9.65. The minimum atomic E-state index is -0.129. The quantitative estimate of drug-likeness (QED) is 0.732. The zero-order valence-electron chi connectivity index (χ0n) is 15.6. The number of aryl methyl sites for hydroxylation is 1. The third kappa shape index (κ3) is 3.07. The molecule has 1 aliphatic carbocycles. The molecule has 5 heteroatoms. The maximum absolute atomic E-state index is 12.7. The molecule has 5 nitrogen and oxygen atoms in total. The number of amides is 1. The predicted octanol–water partition coefficient (Wildman–Crippen LogP) is 3.06. The first kappa shape index (κ1) is 17.6. The lowest BCUT2D eigenvalue weighted by molar-refractivity contribution is -0.122. The second-order valence-corrected chi connectivity index (χ2v) is 7.38. The molecule has 0 spiro atoms. The molecule has 0 bridgehead atoms. The molecule has 4 rings (SSSR count). The van der Waals surface area contributed by atoms with Crippen LogP contribution in [0.4, 0.5) is 0 Å². The van der Waals surface area contributed by atoms with Crippen LogP contribution in [-0.4, -0.2) is 21.6 Å². The Labute approximate surface area is 158 Å². The van der Waals surface area contributed by atoms with Gasteiger partial charge in [0.2, 0.25) is 5.91 Å². The summed E-state index contributed by atoms with van der Waals surface area (Å²) < 4.78 is 3.28. The van der Waals surface area contributed by atoms with E-state index < -0.39 is 0 Å². The first-order chi connectivity index (χ1) is 13.1. The number of fused-ring (bicyclic) bond motifs is 1. The van der Waals surface area contributed by atoms with Crippen LogP contribution in [0.5, 0.6) is 0 Å². The van der Waals surface area contributed by atoms with Crippen molar-refractivity contribution in [3.05, 3.63) is 70.6 Å². The number of carbonyl (C=O) groups excluding carboxylic acids is 1. The van der Waals surface area contributed by atoms with Crippen molar-refractivity contribution in [3.63, 3.8) is 0 Å². The van der Waals surface area contributed by atoms with Gasteiger partial charge in [0.15, 0.2) is 0 Å². The highest BCUT2D eigenvalue weighted by molar-refractivity contribution is 5.81. The summed E-state index contributed by atoms with van der Waals surface area (Å²) in [6.07, 6.45) is 3.37. The van der Waals surface area contributed by atoms with Gasteiger partial charge in [-0.2, -0.15) is 0 Å². The van der Waals surface area contributed by atoms with Gasteiger partial charge in [0.25, 0.3) is 0 Å². The minimum absolute atomic E-state index is 0.0410. The molecule has 3 aromatic rings. The normalized spacial score (nSPS) is 15.4. The third-order valence-corrected chi connectivity index (χ3v) is 5.86. The van der Waals surface area contributed by atoms with E-state index in [1.807, 2.05) is 37.3 Å². The Bertz CT molecular complexity index is 1010. The molecule has 1 saturated carbocycles. The maximum atomic E-state index is 12.7. The molecular weight excluding hydrogens is 338 g/mol. The summed E-state index contributed by atoms with van der Waals surface area (Å²) in [5.74, 6) is -0.113. The second kappa shape index (κ2) is 7.06. The Hall–Kier alpha value is -2.82. The molecule has 0 radical (unpaired) electrons. The number of carbonyl (C=O) groups is 1. The van der Waals surface area contributed by atoms with Crippen molar-refractivity contribution in [1.29, 1.82) is 0 Å². The van der Waals surface area contributed by atoms with Gasteiger partial charge in [0.05, 0.1) is 11.0 Å². The van der Waals surface area contributed by atoms with E-state index in [0.717, 1.165) is 23.9 Å². The van der Waals surface area contributed by atoms with E-state index in [4.69, 9.17) is 0 Å². The van der Waals surface area contributed by atoms with Gasteiger partial charge in [0, 0.05) is 18.5 Å². The number of nitrogens with one attached hydrogen (secondary N) is 1. The van der Waals surface area contributed by atoms with Crippen molar-refractivity contribution in [2.75, 3.05) is 6.54 Å². The highest BCUT2D eigenvalue weighted by atomic mass is 16.2. The lowest BCUT2D eigenvalue weighted by Crippen LogP contribution is -2.46. The van der Waals surface area contributed by atoms with Crippen LogP contribution in [0.15, 0.2) is 59.4 Å². The fourth-order valence-electron chi connectivity index (χ4n) is 4.16. The zero-order chi connectivity index (χ0) is 18.9. The summed E-state index contributed by atoms with van der Waals surface area (Å²) in [5.41, 5.74) is 2.88. The van der Waals surface area contributed by atoms with Crippen molar-refractivity contribution < 1.29 is 4.79 Å². The molecule has 0 saturated heterocycles. The van der Waals surface area contributed by atoms with Crippen LogP contribution in [0, 0.1) is 0 Å². The lowest BCUT2D eigenvalue weighted by Gasteiger charge is -2.42. The van der Waals surface area contributed by atoms with Crippen LogP contribution in [0.3, 0.4) is 0 Å². The Morgan fingerprint density at radius 3 is 2.22 bits per heavy atom. The molecule has 2 aromatic carbocycles. The van der Waals surface area contributed by atoms with Crippen molar-refractivity contribution in [1.82, 2.24) is 14.5 Å². The monoisotopic (exact) mass is 363 g/mol. The predicted molar refractivity (Wildman–Crippen MR) is 107 cm³/mol. The number of nitrogens with zero attached hydrogens (tertiary/aromatic N) is 2. The Balaban J connectivity index is 1.52. The van der Waals surface area contributed by atoms with E-state index in [9.17, 15) is 9.59 Å². The lowest BCUT2D eigenvalue weighted by atomic mass is 9.64. The van der Waals surface area contributed by atoms with Crippen molar-refractivity contribution in [3.8, 4) is 0 Å². The van der Waals surface area contributed by atoms with Gasteiger partial charge in [-0.15, -0.1) is 0 Å². The molecular formula is C22H25N3O2.